The van der Waals surface area contributed by atoms with E-state index >= 15 is 0 Å². The molecular formula is C16H17ClO3S. The monoisotopic (exact) mass is 324 g/mol. The molecule has 0 aliphatic heterocycles. The lowest BCUT2D eigenvalue weighted by molar-refractivity contribution is -0.138. The number of rotatable bonds is 6. The topological polar surface area (TPSA) is 46.5 Å². The van der Waals surface area contributed by atoms with Gasteiger partial charge >= 0.3 is 5.97 Å². The number of hydrogen-bond donors (Lipinski definition) is 1. The van der Waals surface area contributed by atoms with Gasteiger partial charge in [0.2, 0.25) is 0 Å². The van der Waals surface area contributed by atoms with E-state index in [1.54, 1.807) is 12.1 Å². The highest BCUT2D eigenvalue weighted by molar-refractivity contribution is 7.16. The fourth-order valence-electron chi connectivity index (χ4n) is 2.08. The number of hydrogen-bond acceptors (Lipinski definition) is 3. The second-order valence-corrected chi connectivity index (χ2v) is 6.80. The van der Waals surface area contributed by atoms with Gasteiger partial charge in [0, 0.05) is 4.88 Å². The van der Waals surface area contributed by atoms with Crippen LogP contribution in [-0.4, -0.2) is 17.2 Å². The molecule has 0 bridgehead atoms. The largest absolute Gasteiger partial charge is 0.491 e. The fourth-order valence-corrected chi connectivity index (χ4v) is 3.23. The summed E-state index contributed by atoms with van der Waals surface area (Å²) < 4.78 is 6.25. The Labute approximate surface area is 133 Å². The second kappa shape index (κ2) is 6.96. The number of halogens is 1. The Balaban J connectivity index is 2.19. The number of thiophene rings is 1. The molecule has 21 heavy (non-hydrogen) atoms. The standard InChI is InChI=1S/C16H17ClO3S/c1-10(2)20-12-5-3-4-11(8-12)9-13(16(18)19)14-6-7-15(17)21-14/h3-8,10,13H,9H2,1-2H3,(H,18,19). The van der Waals surface area contributed by atoms with Crippen molar-refractivity contribution in [2.24, 2.45) is 0 Å². The number of carboxylic acid groups (broad SMARTS) is 1. The van der Waals surface area contributed by atoms with Crippen LogP contribution in [0.5, 0.6) is 5.75 Å². The average Bonchev–Trinajstić information content (AvgIpc) is 2.81. The molecule has 5 heteroatoms. The maximum absolute atomic E-state index is 11.5. The van der Waals surface area contributed by atoms with Gasteiger partial charge in [-0.3, -0.25) is 4.79 Å². The van der Waals surface area contributed by atoms with Crippen LogP contribution in [-0.2, 0) is 11.2 Å². The molecule has 0 aliphatic rings. The summed E-state index contributed by atoms with van der Waals surface area (Å²) in [7, 11) is 0. The van der Waals surface area contributed by atoms with Gasteiger partial charge in [-0.05, 0) is 50.1 Å². The van der Waals surface area contributed by atoms with Crippen LogP contribution in [0.4, 0.5) is 0 Å². The van der Waals surface area contributed by atoms with Gasteiger partial charge in [0.15, 0.2) is 0 Å². The third-order valence-electron chi connectivity index (χ3n) is 2.95. The normalized spacial score (nSPS) is 12.4. The predicted octanol–water partition coefficient (Wildman–Crippen LogP) is 4.60. The van der Waals surface area contributed by atoms with Crippen molar-refractivity contribution >= 4 is 28.9 Å². The van der Waals surface area contributed by atoms with Crippen molar-refractivity contribution in [3.05, 3.63) is 51.2 Å². The van der Waals surface area contributed by atoms with E-state index in [1.165, 1.54) is 11.3 Å². The second-order valence-electron chi connectivity index (χ2n) is 5.05. The molecule has 0 aliphatic carbocycles. The van der Waals surface area contributed by atoms with E-state index in [1.807, 2.05) is 38.1 Å². The highest BCUT2D eigenvalue weighted by Gasteiger charge is 2.22. The Morgan fingerprint density at radius 3 is 2.67 bits per heavy atom. The minimum atomic E-state index is -0.844. The smallest absolute Gasteiger partial charge is 0.312 e. The first-order chi connectivity index (χ1) is 9.95. The van der Waals surface area contributed by atoms with Crippen molar-refractivity contribution < 1.29 is 14.6 Å². The van der Waals surface area contributed by atoms with Crippen LogP contribution in [0.1, 0.15) is 30.2 Å². The fraction of sp³-hybridized carbons (Fsp3) is 0.312. The van der Waals surface area contributed by atoms with Crippen molar-refractivity contribution in [1.29, 1.82) is 0 Å². The van der Waals surface area contributed by atoms with Gasteiger partial charge < -0.3 is 9.84 Å². The maximum Gasteiger partial charge on any atom is 0.312 e. The van der Waals surface area contributed by atoms with E-state index < -0.39 is 11.9 Å². The molecule has 3 nitrogen and oxygen atoms in total. The summed E-state index contributed by atoms with van der Waals surface area (Å²) in [6, 6.07) is 11.1. The van der Waals surface area contributed by atoms with Gasteiger partial charge in [0.1, 0.15) is 5.75 Å². The van der Waals surface area contributed by atoms with E-state index in [9.17, 15) is 9.90 Å². The van der Waals surface area contributed by atoms with Gasteiger partial charge in [-0.15, -0.1) is 11.3 Å². The summed E-state index contributed by atoms with van der Waals surface area (Å²) >= 11 is 7.21. The Morgan fingerprint density at radius 2 is 2.10 bits per heavy atom. The SMILES string of the molecule is CC(C)Oc1cccc(CC(C(=O)O)c2ccc(Cl)s2)c1. The molecule has 0 spiro atoms. The minimum Gasteiger partial charge on any atom is -0.491 e. The molecule has 2 aromatic rings. The number of aliphatic carboxylic acids is 1. The van der Waals surface area contributed by atoms with Crippen LogP contribution in [0, 0.1) is 0 Å². The third-order valence-corrected chi connectivity index (χ3v) is 4.29. The van der Waals surface area contributed by atoms with Crippen LogP contribution >= 0.6 is 22.9 Å². The van der Waals surface area contributed by atoms with Crippen molar-refractivity contribution in [1.82, 2.24) is 0 Å². The summed E-state index contributed by atoms with van der Waals surface area (Å²) in [6.45, 7) is 3.92. The predicted molar refractivity (Wildman–Crippen MR) is 85.6 cm³/mol. The highest BCUT2D eigenvalue weighted by Crippen LogP contribution is 2.31. The Bertz CT molecular complexity index is 621. The van der Waals surface area contributed by atoms with Crippen LogP contribution in [0.2, 0.25) is 4.34 Å². The summed E-state index contributed by atoms with van der Waals surface area (Å²) in [5.74, 6) is -0.670. The average molecular weight is 325 g/mol. The number of ether oxygens (including phenoxy) is 1. The van der Waals surface area contributed by atoms with E-state index in [-0.39, 0.29) is 6.10 Å². The van der Waals surface area contributed by atoms with Gasteiger partial charge in [0.05, 0.1) is 16.4 Å². The quantitative estimate of drug-likeness (QED) is 0.844. The van der Waals surface area contributed by atoms with Crippen molar-refractivity contribution in [3.8, 4) is 5.75 Å². The lowest BCUT2D eigenvalue weighted by Crippen LogP contribution is -2.13. The zero-order valence-electron chi connectivity index (χ0n) is 11.9. The lowest BCUT2D eigenvalue weighted by atomic mass is 9.98. The van der Waals surface area contributed by atoms with Crippen molar-refractivity contribution in [3.63, 3.8) is 0 Å². The molecule has 0 saturated heterocycles. The maximum atomic E-state index is 11.5. The Morgan fingerprint density at radius 1 is 1.33 bits per heavy atom. The summed E-state index contributed by atoms with van der Waals surface area (Å²) in [5, 5.41) is 9.44. The molecule has 1 aromatic heterocycles. The molecule has 1 heterocycles. The summed E-state index contributed by atoms with van der Waals surface area (Å²) in [4.78, 5) is 12.3. The summed E-state index contributed by atoms with van der Waals surface area (Å²) in [5.41, 5.74) is 0.935. The zero-order chi connectivity index (χ0) is 15.4. The number of carboxylic acids is 1. The van der Waals surface area contributed by atoms with E-state index in [2.05, 4.69) is 0 Å². The van der Waals surface area contributed by atoms with Gasteiger partial charge in [-0.2, -0.15) is 0 Å². The molecule has 1 aromatic carbocycles. The number of benzene rings is 1. The van der Waals surface area contributed by atoms with Gasteiger partial charge in [-0.1, -0.05) is 23.7 Å². The van der Waals surface area contributed by atoms with E-state index in [4.69, 9.17) is 16.3 Å². The van der Waals surface area contributed by atoms with Crippen molar-refractivity contribution in [2.45, 2.75) is 32.3 Å². The molecule has 1 atom stereocenters. The summed E-state index contributed by atoms with van der Waals surface area (Å²) in [6.07, 6.45) is 0.508. The van der Waals surface area contributed by atoms with Gasteiger partial charge in [0.25, 0.3) is 0 Å². The molecule has 1 N–H and O–H groups in total. The zero-order valence-corrected chi connectivity index (χ0v) is 13.4. The van der Waals surface area contributed by atoms with Crippen LogP contribution in [0.25, 0.3) is 0 Å². The minimum absolute atomic E-state index is 0.0895. The molecular weight excluding hydrogens is 308 g/mol. The Hall–Kier alpha value is -1.52. The number of carbonyl (C=O) groups is 1. The van der Waals surface area contributed by atoms with Crippen LogP contribution < -0.4 is 4.74 Å². The first-order valence-electron chi connectivity index (χ1n) is 6.69. The molecule has 0 fully saturated rings. The van der Waals surface area contributed by atoms with Crippen LogP contribution in [0.15, 0.2) is 36.4 Å². The molecule has 0 saturated carbocycles. The highest BCUT2D eigenvalue weighted by atomic mass is 35.5. The third kappa shape index (κ3) is 4.48. The molecule has 0 amide bonds. The van der Waals surface area contributed by atoms with E-state index in [0.717, 1.165) is 16.2 Å². The van der Waals surface area contributed by atoms with Gasteiger partial charge in [-0.25, -0.2) is 0 Å². The first-order valence-corrected chi connectivity index (χ1v) is 7.89. The van der Waals surface area contributed by atoms with Crippen LogP contribution in [0.3, 0.4) is 0 Å². The van der Waals surface area contributed by atoms with Crippen molar-refractivity contribution in [2.75, 3.05) is 0 Å². The molecule has 112 valence electrons. The molecule has 0 radical (unpaired) electrons. The van der Waals surface area contributed by atoms with E-state index in [0.29, 0.717) is 10.8 Å². The first kappa shape index (κ1) is 15.9. The lowest BCUT2D eigenvalue weighted by Gasteiger charge is -2.13. The Kier molecular flexibility index (Phi) is 5.26. The molecule has 1 unspecified atom stereocenters. The molecule has 2 rings (SSSR count).